The molecule has 4 aromatic rings. The summed E-state index contributed by atoms with van der Waals surface area (Å²) in [7, 11) is 3.17. The van der Waals surface area contributed by atoms with Gasteiger partial charge < -0.3 is 10.1 Å². The molecule has 1 amide bonds. The quantitative estimate of drug-likeness (QED) is 0.382. The summed E-state index contributed by atoms with van der Waals surface area (Å²) >= 11 is 1.39. The lowest BCUT2D eigenvalue weighted by Gasteiger charge is -2.03. The van der Waals surface area contributed by atoms with Gasteiger partial charge in [0.05, 0.1) is 18.9 Å². The molecule has 2 aromatic heterocycles. The first-order valence-corrected chi connectivity index (χ1v) is 10.5. The van der Waals surface area contributed by atoms with Crippen molar-refractivity contribution in [1.82, 2.24) is 14.8 Å². The number of rotatable bonds is 4. The molecule has 0 saturated carbocycles. The molecule has 32 heavy (non-hydrogen) atoms. The number of aromatic nitrogens is 3. The van der Waals surface area contributed by atoms with Crippen LogP contribution in [0, 0.1) is 11.8 Å². The third kappa shape index (κ3) is 4.91. The number of ether oxygens (including phenoxy) is 1. The molecule has 0 radical (unpaired) electrons. The minimum Gasteiger partial charge on any atom is -0.465 e. The standard InChI is InChI=1S/C24H18N4O3S/c1-28-14-19(13-25-28)23-27-21(15-32-23)22(29)26-20-8-4-6-17(12-20)10-9-16-5-3-7-18(11-16)24(30)31-2/h3-8,11-15H,1-2H3,(H,26,29). The fourth-order valence-electron chi connectivity index (χ4n) is 2.90. The van der Waals surface area contributed by atoms with E-state index in [0.29, 0.717) is 22.5 Å². The van der Waals surface area contributed by atoms with E-state index in [1.54, 1.807) is 46.6 Å². The van der Waals surface area contributed by atoms with Crippen LogP contribution in [-0.4, -0.2) is 33.8 Å². The lowest BCUT2D eigenvalue weighted by molar-refractivity contribution is 0.0600. The van der Waals surface area contributed by atoms with Gasteiger partial charge in [-0.15, -0.1) is 11.3 Å². The Balaban J connectivity index is 1.47. The number of nitrogens with zero attached hydrogens (tertiary/aromatic N) is 3. The maximum Gasteiger partial charge on any atom is 0.337 e. The van der Waals surface area contributed by atoms with Crippen LogP contribution in [0.25, 0.3) is 10.6 Å². The summed E-state index contributed by atoms with van der Waals surface area (Å²) in [5.41, 5.74) is 3.67. The first kappa shape index (κ1) is 21.0. The predicted molar refractivity (Wildman–Crippen MR) is 122 cm³/mol. The Kier molecular flexibility index (Phi) is 6.10. The molecule has 0 aliphatic rings. The van der Waals surface area contributed by atoms with Crippen molar-refractivity contribution in [2.24, 2.45) is 7.05 Å². The highest BCUT2D eigenvalue weighted by molar-refractivity contribution is 7.13. The number of nitrogens with one attached hydrogen (secondary N) is 1. The number of thiazole rings is 1. The maximum atomic E-state index is 12.6. The van der Waals surface area contributed by atoms with E-state index >= 15 is 0 Å². The third-order valence-corrected chi connectivity index (χ3v) is 5.34. The molecule has 0 atom stereocenters. The number of hydrogen-bond acceptors (Lipinski definition) is 6. The van der Waals surface area contributed by atoms with Crippen molar-refractivity contribution in [2.75, 3.05) is 12.4 Å². The van der Waals surface area contributed by atoms with Gasteiger partial charge >= 0.3 is 5.97 Å². The van der Waals surface area contributed by atoms with E-state index in [0.717, 1.165) is 16.1 Å². The van der Waals surface area contributed by atoms with Gasteiger partial charge in [-0.2, -0.15) is 5.10 Å². The highest BCUT2D eigenvalue weighted by Crippen LogP contribution is 2.23. The van der Waals surface area contributed by atoms with Crippen LogP contribution >= 0.6 is 11.3 Å². The molecule has 0 unspecified atom stereocenters. The Labute approximate surface area is 188 Å². The van der Waals surface area contributed by atoms with Gasteiger partial charge in [-0.25, -0.2) is 9.78 Å². The average molecular weight is 443 g/mol. The fraction of sp³-hybridized carbons (Fsp3) is 0.0833. The Morgan fingerprint density at radius 3 is 2.56 bits per heavy atom. The van der Waals surface area contributed by atoms with Crippen LogP contribution in [0.5, 0.6) is 0 Å². The lowest BCUT2D eigenvalue weighted by atomic mass is 10.1. The number of methoxy groups -OCH3 is 1. The van der Waals surface area contributed by atoms with E-state index in [1.165, 1.54) is 18.4 Å². The fourth-order valence-corrected chi connectivity index (χ4v) is 3.67. The van der Waals surface area contributed by atoms with Crippen LogP contribution in [0.4, 0.5) is 5.69 Å². The molecule has 4 rings (SSSR count). The number of carbonyl (C=O) groups is 2. The number of benzene rings is 2. The molecule has 2 aromatic carbocycles. The first-order valence-electron chi connectivity index (χ1n) is 9.58. The zero-order chi connectivity index (χ0) is 22.5. The van der Waals surface area contributed by atoms with E-state index in [4.69, 9.17) is 4.74 Å². The first-order chi connectivity index (χ1) is 15.5. The second-order valence-electron chi connectivity index (χ2n) is 6.80. The van der Waals surface area contributed by atoms with Gasteiger partial charge in [0.25, 0.3) is 5.91 Å². The van der Waals surface area contributed by atoms with E-state index in [1.807, 2.05) is 31.4 Å². The number of carbonyl (C=O) groups excluding carboxylic acids is 2. The summed E-state index contributed by atoms with van der Waals surface area (Å²) in [5.74, 6) is 5.37. The predicted octanol–water partition coefficient (Wildman–Crippen LogP) is 3.98. The van der Waals surface area contributed by atoms with Crippen molar-refractivity contribution in [2.45, 2.75) is 0 Å². The number of esters is 1. The number of aryl methyl sites for hydroxylation is 1. The molecule has 1 N–H and O–H groups in total. The van der Waals surface area contributed by atoms with Gasteiger partial charge in [0.15, 0.2) is 0 Å². The monoisotopic (exact) mass is 442 g/mol. The molecule has 158 valence electrons. The van der Waals surface area contributed by atoms with Crippen molar-refractivity contribution in [3.05, 3.63) is 88.7 Å². The molecule has 8 heteroatoms. The van der Waals surface area contributed by atoms with Crippen LogP contribution in [0.1, 0.15) is 32.0 Å². The van der Waals surface area contributed by atoms with Gasteiger partial charge in [-0.05, 0) is 36.4 Å². The minimum atomic E-state index is -0.410. The molecule has 0 saturated heterocycles. The van der Waals surface area contributed by atoms with Crippen LogP contribution in [-0.2, 0) is 11.8 Å². The molecule has 0 aliphatic heterocycles. The number of anilines is 1. The molecular weight excluding hydrogens is 424 g/mol. The summed E-state index contributed by atoms with van der Waals surface area (Å²) < 4.78 is 6.42. The molecule has 2 heterocycles. The van der Waals surface area contributed by atoms with Crippen LogP contribution in [0.15, 0.2) is 66.3 Å². The Morgan fingerprint density at radius 2 is 1.84 bits per heavy atom. The Hall–Kier alpha value is -4.22. The normalized spacial score (nSPS) is 10.2. The summed E-state index contributed by atoms with van der Waals surface area (Å²) in [5, 5.41) is 9.43. The minimum absolute atomic E-state index is 0.299. The average Bonchev–Trinajstić information content (AvgIpc) is 3.47. The van der Waals surface area contributed by atoms with Crippen molar-refractivity contribution in [3.63, 3.8) is 0 Å². The van der Waals surface area contributed by atoms with E-state index in [2.05, 4.69) is 27.2 Å². The SMILES string of the molecule is COC(=O)c1cccc(C#Cc2cccc(NC(=O)c3csc(-c4cnn(C)c4)n3)c2)c1. The van der Waals surface area contributed by atoms with Gasteiger partial charge in [-0.1, -0.05) is 24.0 Å². The second-order valence-corrected chi connectivity index (χ2v) is 7.66. The largest absolute Gasteiger partial charge is 0.465 e. The van der Waals surface area contributed by atoms with Crippen molar-refractivity contribution < 1.29 is 14.3 Å². The summed E-state index contributed by atoms with van der Waals surface area (Å²) in [6, 6.07) is 14.1. The lowest BCUT2D eigenvalue weighted by Crippen LogP contribution is -2.12. The Bertz CT molecular complexity index is 1360. The highest BCUT2D eigenvalue weighted by Gasteiger charge is 2.13. The molecule has 0 fully saturated rings. The van der Waals surface area contributed by atoms with E-state index in [9.17, 15) is 9.59 Å². The summed E-state index contributed by atoms with van der Waals surface area (Å²) in [6.07, 6.45) is 3.56. The number of amides is 1. The summed E-state index contributed by atoms with van der Waals surface area (Å²) in [4.78, 5) is 28.7. The topological polar surface area (TPSA) is 86.1 Å². The van der Waals surface area contributed by atoms with Crippen LogP contribution in [0.2, 0.25) is 0 Å². The van der Waals surface area contributed by atoms with E-state index in [-0.39, 0.29) is 5.91 Å². The van der Waals surface area contributed by atoms with Crippen LogP contribution in [0.3, 0.4) is 0 Å². The molecule has 0 spiro atoms. The number of hydrogen-bond donors (Lipinski definition) is 1. The van der Waals surface area contributed by atoms with Crippen molar-refractivity contribution in [3.8, 4) is 22.4 Å². The smallest absolute Gasteiger partial charge is 0.337 e. The molecule has 0 bridgehead atoms. The second kappa shape index (κ2) is 9.29. The zero-order valence-corrected chi connectivity index (χ0v) is 18.1. The van der Waals surface area contributed by atoms with Crippen LogP contribution < -0.4 is 5.32 Å². The molecule has 7 nitrogen and oxygen atoms in total. The van der Waals surface area contributed by atoms with Gasteiger partial charge in [-0.3, -0.25) is 9.48 Å². The van der Waals surface area contributed by atoms with Crippen molar-refractivity contribution in [1.29, 1.82) is 0 Å². The molecular formula is C24H18N4O3S. The maximum absolute atomic E-state index is 12.6. The van der Waals surface area contributed by atoms with Gasteiger partial charge in [0.2, 0.25) is 0 Å². The Morgan fingerprint density at radius 1 is 1.09 bits per heavy atom. The van der Waals surface area contributed by atoms with Crippen molar-refractivity contribution >= 4 is 28.9 Å². The van der Waals surface area contributed by atoms with Gasteiger partial charge in [0.1, 0.15) is 10.7 Å². The third-order valence-electron chi connectivity index (χ3n) is 4.44. The highest BCUT2D eigenvalue weighted by atomic mass is 32.1. The van der Waals surface area contributed by atoms with E-state index < -0.39 is 5.97 Å². The zero-order valence-electron chi connectivity index (χ0n) is 17.3. The molecule has 0 aliphatic carbocycles. The summed E-state index contributed by atoms with van der Waals surface area (Å²) in [6.45, 7) is 0. The van der Waals surface area contributed by atoms with Gasteiger partial charge in [0, 0.05) is 41.0 Å².